The number of nitrogens with zero attached hydrogens (tertiary/aromatic N) is 2. The summed E-state index contributed by atoms with van der Waals surface area (Å²) in [6.45, 7) is 3.71. The van der Waals surface area contributed by atoms with Crippen LogP contribution >= 0.6 is 11.6 Å². The average Bonchev–Trinajstić information content (AvgIpc) is 2.62. The fourth-order valence-corrected chi connectivity index (χ4v) is 2.52. The number of rotatable bonds is 8. The Balaban J connectivity index is 1.99. The Labute approximate surface area is 159 Å². The molecule has 6 nitrogen and oxygen atoms in total. The quantitative estimate of drug-likeness (QED) is 0.688. The Morgan fingerprint density at radius 1 is 1.31 bits per heavy atom. The zero-order valence-corrected chi connectivity index (χ0v) is 16.4. The van der Waals surface area contributed by atoms with Crippen LogP contribution in [0.5, 0.6) is 5.75 Å². The van der Waals surface area contributed by atoms with Gasteiger partial charge in [-0.15, -0.1) is 0 Å². The van der Waals surface area contributed by atoms with Crippen LogP contribution in [0.4, 0.5) is 11.5 Å². The Hall–Kier alpha value is -2.31. The Kier molecular flexibility index (Phi) is 7.24. The fraction of sp³-hybridized carbons (Fsp3) is 0.368. The standard InChI is InChI=1S/C19H25ClN4O2/c1-13-10-16(17(26-4)11-15(13)20)23-19(25)14-6-7-18(22-12-14)21-8-5-9-24(2)3/h6-7,10-12H,5,8-9H2,1-4H3,(H,21,22)(H,23,25). The topological polar surface area (TPSA) is 66.5 Å². The number of hydrogen-bond donors (Lipinski definition) is 2. The molecule has 1 aromatic carbocycles. The normalized spacial score (nSPS) is 10.7. The van der Waals surface area contributed by atoms with E-state index in [1.165, 1.54) is 7.11 Å². The van der Waals surface area contributed by atoms with Gasteiger partial charge in [-0.3, -0.25) is 4.79 Å². The number of amides is 1. The lowest BCUT2D eigenvalue weighted by molar-refractivity contribution is 0.102. The van der Waals surface area contributed by atoms with Crippen molar-refractivity contribution in [3.05, 3.63) is 46.6 Å². The molecule has 1 heterocycles. The van der Waals surface area contributed by atoms with Crippen LogP contribution in [0.25, 0.3) is 0 Å². The number of benzene rings is 1. The lowest BCUT2D eigenvalue weighted by atomic mass is 10.2. The first kappa shape index (κ1) is 20.0. The summed E-state index contributed by atoms with van der Waals surface area (Å²) in [6.07, 6.45) is 2.57. The lowest BCUT2D eigenvalue weighted by Crippen LogP contribution is -2.17. The molecule has 0 aliphatic heterocycles. The molecule has 1 amide bonds. The summed E-state index contributed by atoms with van der Waals surface area (Å²) in [4.78, 5) is 18.9. The minimum atomic E-state index is -0.253. The molecular weight excluding hydrogens is 352 g/mol. The van der Waals surface area contributed by atoms with Crippen LogP contribution in [0.1, 0.15) is 22.3 Å². The first-order chi connectivity index (χ1) is 12.4. The Bertz CT molecular complexity index is 748. The number of ether oxygens (including phenoxy) is 1. The van der Waals surface area contributed by atoms with Crippen LogP contribution in [0.15, 0.2) is 30.5 Å². The van der Waals surface area contributed by atoms with Crippen molar-refractivity contribution in [3.8, 4) is 5.75 Å². The predicted octanol–water partition coefficient (Wildman–Crippen LogP) is 3.67. The van der Waals surface area contributed by atoms with Crippen LogP contribution in [-0.2, 0) is 0 Å². The van der Waals surface area contributed by atoms with E-state index in [9.17, 15) is 4.79 Å². The van der Waals surface area contributed by atoms with Gasteiger partial charge in [-0.05, 0) is 57.7 Å². The second kappa shape index (κ2) is 9.40. The van der Waals surface area contributed by atoms with E-state index >= 15 is 0 Å². The van der Waals surface area contributed by atoms with E-state index in [-0.39, 0.29) is 5.91 Å². The number of aromatic nitrogens is 1. The van der Waals surface area contributed by atoms with Crippen LogP contribution in [0, 0.1) is 6.92 Å². The summed E-state index contributed by atoms with van der Waals surface area (Å²) in [5.41, 5.74) is 1.90. The number of methoxy groups -OCH3 is 1. The van der Waals surface area contributed by atoms with Gasteiger partial charge in [0.15, 0.2) is 0 Å². The first-order valence-electron chi connectivity index (χ1n) is 8.41. The summed E-state index contributed by atoms with van der Waals surface area (Å²) < 4.78 is 5.28. The van der Waals surface area contributed by atoms with Crippen LogP contribution < -0.4 is 15.4 Å². The summed E-state index contributed by atoms with van der Waals surface area (Å²) in [7, 11) is 5.63. The number of aryl methyl sites for hydroxylation is 1. The summed E-state index contributed by atoms with van der Waals surface area (Å²) in [6, 6.07) is 7.01. The van der Waals surface area contributed by atoms with Crippen LogP contribution in [0.2, 0.25) is 5.02 Å². The molecule has 0 atom stereocenters. The maximum absolute atomic E-state index is 12.5. The van der Waals surface area contributed by atoms with Crippen molar-refractivity contribution in [3.63, 3.8) is 0 Å². The van der Waals surface area contributed by atoms with E-state index in [0.717, 1.165) is 30.9 Å². The van der Waals surface area contributed by atoms with E-state index < -0.39 is 0 Å². The fourth-order valence-electron chi connectivity index (χ4n) is 2.37. The van der Waals surface area contributed by atoms with E-state index in [1.807, 2.05) is 21.0 Å². The van der Waals surface area contributed by atoms with Gasteiger partial charge in [0.1, 0.15) is 11.6 Å². The highest BCUT2D eigenvalue weighted by Crippen LogP contribution is 2.31. The molecule has 0 fully saturated rings. The number of nitrogens with one attached hydrogen (secondary N) is 2. The van der Waals surface area contributed by atoms with Crippen LogP contribution in [-0.4, -0.2) is 50.1 Å². The molecule has 0 unspecified atom stereocenters. The molecule has 140 valence electrons. The lowest BCUT2D eigenvalue weighted by Gasteiger charge is -2.13. The van der Waals surface area contributed by atoms with Crippen molar-refractivity contribution in [2.24, 2.45) is 0 Å². The minimum Gasteiger partial charge on any atom is -0.495 e. The van der Waals surface area contributed by atoms with Gasteiger partial charge in [0, 0.05) is 23.8 Å². The van der Waals surface area contributed by atoms with E-state index in [2.05, 4.69) is 20.5 Å². The highest BCUT2D eigenvalue weighted by atomic mass is 35.5. The monoisotopic (exact) mass is 376 g/mol. The second-order valence-electron chi connectivity index (χ2n) is 6.27. The zero-order chi connectivity index (χ0) is 19.1. The maximum Gasteiger partial charge on any atom is 0.257 e. The molecule has 0 bridgehead atoms. The molecule has 2 N–H and O–H groups in total. The predicted molar refractivity (Wildman–Crippen MR) is 107 cm³/mol. The highest BCUT2D eigenvalue weighted by Gasteiger charge is 2.12. The van der Waals surface area contributed by atoms with Crippen molar-refractivity contribution in [1.82, 2.24) is 9.88 Å². The van der Waals surface area contributed by atoms with Gasteiger partial charge in [0.25, 0.3) is 5.91 Å². The van der Waals surface area contributed by atoms with Gasteiger partial charge in [-0.25, -0.2) is 4.98 Å². The van der Waals surface area contributed by atoms with Gasteiger partial charge >= 0.3 is 0 Å². The third-order valence-corrected chi connectivity index (χ3v) is 4.25. The molecule has 0 radical (unpaired) electrons. The molecule has 0 aliphatic rings. The maximum atomic E-state index is 12.5. The molecule has 0 saturated heterocycles. The number of anilines is 2. The van der Waals surface area contributed by atoms with Crippen molar-refractivity contribution in [1.29, 1.82) is 0 Å². The van der Waals surface area contributed by atoms with Crippen LogP contribution in [0.3, 0.4) is 0 Å². The number of pyridine rings is 1. The molecule has 0 aliphatic carbocycles. The van der Waals surface area contributed by atoms with E-state index in [1.54, 1.807) is 30.5 Å². The molecule has 2 rings (SSSR count). The van der Waals surface area contributed by atoms with Gasteiger partial charge < -0.3 is 20.3 Å². The van der Waals surface area contributed by atoms with Crippen molar-refractivity contribution < 1.29 is 9.53 Å². The Morgan fingerprint density at radius 2 is 2.08 bits per heavy atom. The van der Waals surface area contributed by atoms with Crippen molar-refractivity contribution in [2.45, 2.75) is 13.3 Å². The second-order valence-corrected chi connectivity index (χ2v) is 6.68. The largest absolute Gasteiger partial charge is 0.495 e. The number of halogens is 1. The zero-order valence-electron chi connectivity index (χ0n) is 15.6. The van der Waals surface area contributed by atoms with E-state index in [0.29, 0.717) is 22.0 Å². The average molecular weight is 377 g/mol. The summed E-state index contributed by atoms with van der Waals surface area (Å²) >= 11 is 6.09. The number of carbonyl (C=O) groups is 1. The van der Waals surface area contributed by atoms with Gasteiger partial charge in [-0.2, -0.15) is 0 Å². The third kappa shape index (κ3) is 5.61. The van der Waals surface area contributed by atoms with Gasteiger partial charge in [-0.1, -0.05) is 11.6 Å². The smallest absolute Gasteiger partial charge is 0.257 e. The van der Waals surface area contributed by atoms with Gasteiger partial charge in [0.05, 0.1) is 18.4 Å². The summed E-state index contributed by atoms with van der Waals surface area (Å²) in [5, 5.41) is 6.67. The molecular formula is C19H25ClN4O2. The highest BCUT2D eigenvalue weighted by molar-refractivity contribution is 6.31. The van der Waals surface area contributed by atoms with Gasteiger partial charge in [0.2, 0.25) is 0 Å². The van der Waals surface area contributed by atoms with E-state index in [4.69, 9.17) is 16.3 Å². The van der Waals surface area contributed by atoms with Crippen molar-refractivity contribution in [2.75, 3.05) is 44.9 Å². The molecule has 0 spiro atoms. The Morgan fingerprint density at radius 3 is 2.69 bits per heavy atom. The molecule has 7 heteroatoms. The third-order valence-electron chi connectivity index (χ3n) is 3.84. The van der Waals surface area contributed by atoms with Crippen molar-refractivity contribution >= 4 is 29.0 Å². The minimum absolute atomic E-state index is 0.253. The first-order valence-corrected chi connectivity index (χ1v) is 8.78. The summed E-state index contributed by atoms with van der Waals surface area (Å²) in [5.74, 6) is 1.01. The molecule has 26 heavy (non-hydrogen) atoms. The number of hydrogen-bond acceptors (Lipinski definition) is 5. The SMILES string of the molecule is COc1cc(Cl)c(C)cc1NC(=O)c1ccc(NCCCN(C)C)nc1. The molecule has 2 aromatic rings. The number of carbonyl (C=O) groups excluding carboxylic acids is 1. The molecule has 0 saturated carbocycles. The molecule has 1 aromatic heterocycles.